The maximum atomic E-state index is 5.25. The molecule has 2 nitrogen and oxygen atoms in total. The van der Waals surface area contributed by atoms with E-state index in [1.54, 1.807) is 6.20 Å². The molecule has 0 aromatic carbocycles. The van der Waals surface area contributed by atoms with Crippen molar-refractivity contribution < 1.29 is 0 Å². The minimum absolute atomic E-state index is 0.466. The van der Waals surface area contributed by atoms with Crippen LogP contribution in [0.1, 0.15) is 5.69 Å². The van der Waals surface area contributed by atoms with E-state index >= 15 is 0 Å². The van der Waals surface area contributed by atoms with Crippen molar-refractivity contribution in [3.8, 4) is 0 Å². The molecule has 0 bridgehead atoms. The van der Waals surface area contributed by atoms with Crippen LogP contribution >= 0.6 is 0 Å². The molecular weight excluding hydrogens is 100 g/mol. The summed E-state index contributed by atoms with van der Waals surface area (Å²) >= 11 is 0. The smallest absolute Gasteiger partial charge is 0.0634 e. The molecule has 2 radical (unpaired) electrons. The van der Waals surface area contributed by atoms with Gasteiger partial charge in [0.15, 0.2) is 0 Å². The van der Waals surface area contributed by atoms with E-state index in [4.69, 9.17) is 6.92 Å². The van der Waals surface area contributed by atoms with Gasteiger partial charge in [0, 0.05) is 6.20 Å². The van der Waals surface area contributed by atoms with Gasteiger partial charge in [-0.05, 0) is 25.5 Å². The Kier molecular flexibility index (Phi) is 1.57. The summed E-state index contributed by atoms with van der Waals surface area (Å²) in [6, 6.07) is 3.65. The molecule has 1 heterocycles. The van der Waals surface area contributed by atoms with E-state index in [0.717, 1.165) is 5.69 Å². The SMILES string of the molecule is [CH]Cc1cccnn1. The average Bonchev–Trinajstić information content (AvgIpc) is 1.90. The van der Waals surface area contributed by atoms with Crippen LogP contribution in [0.2, 0.25) is 0 Å². The molecule has 0 aliphatic rings. The van der Waals surface area contributed by atoms with Gasteiger partial charge in [0.2, 0.25) is 0 Å². The summed E-state index contributed by atoms with van der Waals surface area (Å²) < 4.78 is 0. The third-order valence-electron chi connectivity index (χ3n) is 0.837. The summed E-state index contributed by atoms with van der Waals surface area (Å²) in [6.45, 7) is 5.25. The monoisotopic (exact) mass is 106 g/mol. The number of hydrogen-bond acceptors (Lipinski definition) is 2. The highest BCUT2D eigenvalue weighted by Crippen LogP contribution is 1.88. The first kappa shape index (κ1) is 5.22. The molecule has 0 saturated heterocycles. The molecule has 0 unspecified atom stereocenters. The van der Waals surface area contributed by atoms with E-state index in [1.807, 2.05) is 12.1 Å². The van der Waals surface area contributed by atoms with Crippen LogP contribution in [0.4, 0.5) is 0 Å². The molecule has 0 aliphatic heterocycles. The molecule has 8 heavy (non-hydrogen) atoms. The Bertz CT molecular complexity index is 148. The second kappa shape index (κ2) is 2.40. The molecule has 0 aliphatic carbocycles. The van der Waals surface area contributed by atoms with E-state index in [2.05, 4.69) is 10.2 Å². The van der Waals surface area contributed by atoms with Gasteiger partial charge in [0.05, 0.1) is 5.69 Å². The molecule has 1 aromatic heterocycles. The first-order chi connectivity index (χ1) is 3.93. The zero-order valence-corrected chi connectivity index (χ0v) is 4.41. The Hall–Kier alpha value is -0.920. The lowest BCUT2D eigenvalue weighted by Gasteiger charge is -1.86. The van der Waals surface area contributed by atoms with Crippen molar-refractivity contribution in [2.24, 2.45) is 0 Å². The van der Waals surface area contributed by atoms with Crippen LogP contribution in [-0.2, 0) is 6.42 Å². The summed E-state index contributed by atoms with van der Waals surface area (Å²) in [6.07, 6.45) is 2.09. The molecule has 2 heteroatoms. The highest BCUT2D eigenvalue weighted by molar-refractivity contribution is 4.99. The fourth-order valence-electron chi connectivity index (χ4n) is 0.442. The Morgan fingerprint density at radius 3 is 2.88 bits per heavy atom. The Morgan fingerprint density at radius 1 is 1.62 bits per heavy atom. The molecule has 0 saturated carbocycles. The third-order valence-corrected chi connectivity index (χ3v) is 0.837. The van der Waals surface area contributed by atoms with E-state index < -0.39 is 0 Å². The van der Waals surface area contributed by atoms with Crippen LogP contribution in [0, 0.1) is 6.92 Å². The highest BCUT2D eigenvalue weighted by Gasteiger charge is 1.83. The van der Waals surface area contributed by atoms with E-state index in [-0.39, 0.29) is 0 Å². The summed E-state index contributed by atoms with van der Waals surface area (Å²) in [5.41, 5.74) is 0.826. The summed E-state index contributed by atoms with van der Waals surface area (Å²) in [7, 11) is 0. The quantitative estimate of drug-likeness (QED) is 0.527. The largest absolute Gasteiger partial charge is 0.159 e. The van der Waals surface area contributed by atoms with Crippen LogP contribution < -0.4 is 0 Å². The number of aromatic nitrogens is 2. The molecule has 1 aromatic rings. The number of nitrogens with zero attached hydrogens (tertiary/aromatic N) is 2. The zero-order valence-electron chi connectivity index (χ0n) is 4.41. The van der Waals surface area contributed by atoms with Gasteiger partial charge in [0.25, 0.3) is 0 Å². The maximum Gasteiger partial charge on any atom is 0.0634 e. The lowest BCUT2D eigenvalue weighted by molar-refractivity contribution is 0.947. The molecule has 0 N–H and O–H groups in total. The summed E-state index contributed by atoms with van der Waals surface area (Å²) in [5, 5.41) is 7.35. The lowest BCUT2D eigenvalue weighted by Crippen LogP contribution is -1.86. The van der Waals surface area contributed by atoms with Gasteiger partial charge in [-0.25, -0.2) is 0 Å². The molecule has 0 spiro atoms. The van der Waals surface area contributed by atoms with Gasteiger partial charge in [-0.1, -0.05) is 0 Å². The fraction of sp³-hybridized carbons (Fsp3) is 0.167. The first-order valence-corrected chi connectivity index (χ1v) is 2.40. The molecule has 0 amide bonds. The zero-order chi connectivity index (χ0) is 5.82. The van der Waals surface area contributed by atoms with Crippen molar-refractivity contribution in [1.29, 1.82) is 0 Å². The van der Waals surface area contributed by atoms with Crippen LogP contribution in [0.5, 0.6) is 0 Å². The topological polar surface area (TPSA) is 25.8 Å². The van der Waals surface area contributed by atoms with Crippen molar-refractivity contribution in [2.45, 2.75) is 6.42 Å². The Labute approximate surface area is 48.6 Å². The van der Waals surface area contributed by atoms with E-state index in [0.29, 0.717) is 6.42 Å². The second-order valence-electron chi connectivity index (χ2n) is 1.42. The Balaban J connectivity index is 2.83. The van der Waals surface area contributed by atoms with Gasteiger partial charge >= 0.3 is 0 Å². The van der Waals surface area contributed by atoms with Crippen LogP contribution in [0.3, 0.4) is 0 Å². The fourth-order valence-corrected chi connectivity index (χ4v) is 0.442. The average molecular weight is 106 g/mol. The molecule has 0 atom stereocenters. The lowest BCUT2D eigenvalue weighted by atomic mass is 10.3. The van der Waals surface area contributed by atoms with Gasteiger partial charge in [0.1, 0.15) is 0 Å². The van der Waals surface area contributed by atoms with Crippen molar-refractivity contribution in [1.82, 2.24) is 10.2 Å². The molecule has 40 valence electrons. The van der Waals surface area contributed by atoms with Crippen molar-refractivity contribution >= 4 is 0 Å². The number of hydrogen-bond donors (Lipinski definition) is 0. The van der Waals surface area contributed by atoms with Crippen molar-refractivity contribution in [3.05, 3.63) is 30.9 Å². The first-order valence-electron chi connectivity index (χ1n) is 2.40. The van der Waals surface area contributed by atoms with Gasteiger partial charge in [-0.15, -0.1) is 0 Å². The normalized spacial score (nSPS) is 9.12. The van der Waals surface area contributed by atoms with Gasteiger partial charge < -0.3 is 0 Å². The number of rotatable bonds is 1. The molecule has 0 fully saturated rings. The van der Waals surface area contributed by atoms with Crippen LogP contribution in [0.15, 0.2) is 18.3 Å². The van der Waals surface area contributed by atoms with Crippen molar-refractivity contribution in [3.63, 3.8) is 0 Å². The van der Waals surface area contributed by atoms with E-state index in [1.165, 1.54) is 0 Å². The Morgan fingerprint density at radius 2 is 2.50 bits per heavy atom. The van der Waals surface area contributed by atoms with Crippen LogP contribution in [-0.4, -0.2) is 10.2 Å². The maximum absolute atomic E-state index is 5.25. The minimum atomic E-state index is 0.466. The minimum Gasteiger partial charge on any atom is -0.159 e. The van der Waals surface area contributed by atoms with Crippen LogP contribution in [0.25, 0.3) is 0 Å². The standard InChI is InChI=1S/C6H6N2/c1-2-6-4-3-5-7-8-6/h1,3-5H,2H2. The molecule has 1 rings (SSSR count). The van der Waals surface area contributed by atoms with Gasteiger partial charge in [-0.3, -0.25) is 0 Å². The van der Waals surface area contributed by atoms with E-state index in [9.17, 15) is 0 Å². The highest BCUT2D eigenvalue weighted by atomic mass is 15.1. The molecular formula is C6H6N2. The van der Waals surface area contributed by atoms with Crippen molar-refractivity contribution in [2.75, 3.05) is 0 Å². The second-order valence-corrected chi connectivity index (χ2v) is 1.42. The predicted octanol–water partition coefficient (Wildman–Crippen LogP) is 0.730. The summed E-state index contributed by atoms with van der Waals surface area (Å²) in [4.78, 5) is 0. The predicted molar refractivity (Wildman–Crippen MR) is 30.0 cm³/mol. The third kappa shape index (κ3) is 1.03. The van der Waals surface area contributed by atoms with Gasteiger partial charge in [-0.2, -0.15) is 10.2 Å². The summed E-state index contributed by atoms with van der Waals surface area (Å²) in [5.74, 6) is 0.